The molecule has 0 unspecified atom stereocenters. The second-order valence-corrected chi connectivity index (χ2v) is 5.30. The Kier molecular flexibility index (Phi) is 5.32. The van der Waals surface area contributed by atoms with E-state index in [1.807, 2.05) is 48.5 Å². The first kappa shape index (κ1) is 14.8. The summed E-state index contributed by atoms with van der Waals surface area (Å²) in [6, 6.07) is 15.2. The van der Waals surface area contributed by atoms with E-state index in [4.69, 9.17) is 4.74 Å². The zero-order valence-electron chi connectivity index (χ0n) is 11.2. The average molecular weight is 334 g/mol. The predicted molar refractivity (Wildman–Crippen MR) is 83.2 cm³/mol. The third-order valence-electron chi connectivity index (χ3n) is 2.94. The molecule has 0 aliphatic rings. The summed E-state index contributed by atoms with van der Waals surface area (Å²) < 4.78 is 6.07. The summed E-state index contributed by atoms with van der Waals surface area (Å²) in [7, 11) is 1.64. The number of methoxy groups -OCH3 is 1. The quantitative estimate of drug-likeness (QED) is 0.823. The van der Waals surface area contributed by atoms with Crippen molar-refractivity contribution in [1.82, 2.24) is 5.32 Å². The number of halogens is 1. The summed E-state index contributed by atoms with van der Waals surface area (Å²) in [5.74, 6) is 0.922. The van der Waals surface area contributed by atoms with Crippen molar-refractivity contribution in [3.05, 3.63) is 64.1 Å². The van der Waals surface area contributed by atoms with E-state index in [-0.39, 0.29) is 5.78 Å². The van der Waals surface area contributed by atoms with E-state index in [1.165, 1.54) is 0 Å². The molecule has 0 atom stereocenters. The summed E-state index contributed by atoms with van der Waals surface area (Å²) in [4.78, 5) is 11.9. The summed E-state index contributed by atoms with van der Waals surface area (Å²) in [5.41, 5.74) is 1.84. The first-order valence-corrected chi connectivity index (χ1v) is 7.11. The lowest BCUT2D eigenvalue weighted by Gasteiger charge is -2.06. The van der Waals surface area contributed by atoms with Crippen LogP contribution in [0.5, 0.6) is 5.75 Å². The molecule has 2 aromatic rings. The van der Waals surface area contributed by atoms with Crippen LogP contribution in [0.1, 0.15) is 15.9 Å². The summed E-state index contributed by atoms with van der Waals surface area (Å²) in [6.45, 7) is 0.986. The third kappa shape index (κ3) is 4.18. The van der Waals surface area contributed by atoms with Crippen molar-refractivity contribution in [2.24, 2.45) is 0 Å². The van der Waals surface area contributed by atoms with Gasteiger partial charge in [-0.1, -0.05) is 40.2 Å². The van der Waals surface area contributed by atoms with E-state index < -0.39 is 0 Å². The molecule has 2 aromatic carbocycles. The van der Waals surface area contributed by atoms with Gasteiger partial charge in [0.25, 0.3) is 0 Å². The SMILES string of the molecule is COc1ccc(CNCC(=O)c2ccc(Br)cc2)cc1. The summed E-state index contributed by atoms with van der Waals surface area (Å²) in [6.07, 6.45) is 0. The van der Waals surface area contributed by atoms with Gasteiger partial charge in [0.2, 0.25) is 0 Å². The molecule has 0 spiro atoms. The maximum Gasteiger partial charge on any atom is 0.176 e. The lowest BCUT2D eigenvalue weighted by atomic mass is 10.1. The van der Waals surface area contributed by atoms with Crippen LogP contribution in [0.4, 0.5) is 0 Å². The van der Waals surface area contributed by atoms with Crippen molar-refractivity contribution in [2.45, 2.75) is 6.54 Å². The second-order valence-electron chi connectivity index (χ2n) is 4.38. The van der Waals surface area contributed by atoms with Crippen LogP contribution in [0.2, 0.25) is 0 Å². The molecular formula is C16H16BrNO2. The van der Waals surface area contributed by atoms with E-state index in [0.29, 0.717) is 13.1 Å². The van der Waals surface area contributed by atoms with E-state index in [1.54, 1.807) is 7.11 Å². The van der Waals surface area contributed by atoms with Gasteiger partial charge in [-0.05, 0) is 29.8 Å². The normalized spacial score (nSPS) is 10.3. The van der Waals surface area contributed by atoms with Crippen molar-refractivity contribution in [3.8, 4) is 5.75 Å². The van der Waals surface area contributed by atoms with E-state index in [2.05, 4.69) is 21.2 Å². The number of nitrogens with one attached hydrogen (secondary N) is 1. The van der Waals surface area contributed by atoms with Gasteiger partial charge in [0.1, 0.15) is 5.75 Å². The summed E-state index contributed by atoms with van der Waals surface area (Å²) >= 11 is 3.35. The number of benzene rings is 2. The molecular weight excluding hydrogens is 318 g/mol. The van der Waals surface area contributed by atoms with Crippen LogP contribution < -0.4 is 10.1 Å². The Morgan fingerprint density at radius 1 is 1.10 bits per heavy atom. The first-order valence-electron chi connectivity index (χ1n) is 6.31. The molecule has 0 radical (unpaired) electrons. The molecule has 0 aromatic heterocycles. The highest BCUT2D eigenvalue weighted by Crippen LogP contribution is 2.12. The van der Waals surface area contributed by atoms with Gasteiger partial charge in [-0.2, -0.15) is 0 Å². The molecule has 1 N–H and O–H groups in total. The fourth-order valence-corrected chi connectivity index (χ4v) is 2.07. The highest BCUT2D eigenvalue weighted by molar-refractivity contribution is 9.10. The monoisotopic (exact) mass is 333 g/mol. The van der Waals surface area contributed by atoms with Gasteiger partial charge in [-0.25, -0.2) is 0 Å². The minimum absolute atomic E-state index is 0.0889. The smallest absolute Gasteiger partial charge is 0.176 e. The topological polar surface area (TPSA) is 38.3 Å². The highest BCUT2D eigenvalue weighted by atomic mass is 79.9. The lowest BCUT2D eigenvalue weighted by Crippen LogP contribution is -2.22. The van der Waals surface area contributed by atoms with Crippen LogP contribution >= 0.6 is 15.9 Å². The molecule has 0 heterocycles. The van der Waals surface area contributed by atoms with Crippen molar-refractivity contribution < 1.29 is 9.53 Å². The van der Waals surface area contributed by atoms with Crippen molar-refractivity contribution in [1.29, 1.82) is 0 Å². The van der Waals surface area contributed by atoms with Crippen LogP contribution in [-0.2, 0) is 6.54 Å². The molecule has 104 valence electrons. The minimum Gasteiger partial charge on any atom is -0.497 e. The minimum atomic E-state index is 0.0889. The molecule has 0 saturated heterocycles. The Hall–Kier alpha value is -1.65. The second kappa shape index (κ2) is 7.22. The third-order valence-corrected chi connectivity index (χ3v) is 3.47. The predicted octanol–water partition coefficient (Wildman–Crippen LogP) is 3.43. The van der Waals surface area contributed by atoms with Crippen molar-refractivity contribution in [3.63, 3.8) is 0 Å². The Balaban J connectivity index is 1.82. The Morgan fingerprint density at radius 2 is 1.75 bits per heavy atom. The van der Waals surface area contributed by atoms with Crippen LogP contribution in [0.3, 0.4) is 0 Å². The van der Waals surface area contributed by atoms with E-state index in [0.717, 1.165) is 21.3 Å². The highest BCUT2D eigenvalue weighted by Gasteiger charge is 2.04. The lowest BCUT2D eigenvalue weighted by molar-refractivity contribution is 0.0991. The van der Waals surface area contributed by atoms with Crippen LogP contribution in [0.25, 0.3) is 0 Å². The number of hydrogen-bond donors (Lipinski definition) is 1. The van der Waals surface area contributed by atoms with Gasteiger partial charge in [0, 0.05) is 16.6 Å². The van der Waals surface area contributed by atoms with Gasteiger partial charge in [0.15, 0.2) is 5.78 Å². The van der Waals surface area contributed by atoms with Crippen molar-refractivity contribution >= 4 is 21.7 Å². The van der Waals surface area contributed by atoms with E-state index >= 15 is 0 Å². The molecule has 20 heavy (non-hydrogen) atoms. The standard InChI is InChI=1S/C16H16BrNO2/c1-20-15-8-2-12(3-9-15)10-18-11-16(19)13-4-6-14(17)7-5-13/h2-9,18H,10-11H2,1H3. The number of ether oxygens (including phenoxy) is 1. The number of carbonyl (C=O) groups is 1. The zero-order chi connectivity index (χ0) is 14.4. The van der Waals surface area contributed by atoms with E-state index in [9.17, 15) is 4.79 Å². The molecule has 0 saturated carbocycles. The fourth-order valence-electron chi connectivity index (χ4n) is 1.80. The van der Waals surface area contributed by atoms with Gasteiger partial charge in [0.05, 0.1) is 13.7 Å². The molecule has 2 rings (SSSR count). The van der Waals surface area contributed by atoms with Crippen LogP contribution in [0, 0.1) is 0 Å². The summed E-state index contributed by atoms with van der Waals surface area (Å²) in [5, 5.41) is 3.15. The Labute approximate surface area is 127 Å². The number of carbonyl (C=O) groups excluding carboxylic acids is 1. The number of ketones is 1. The average Bonchev–Trinajstić information content (AvgIpc) is 2.48. The van der Waals surface area contributed by atoms with Gasteiger partial charge in [-0.15, -0.1) is 0 Å². The molecule has 0 fully saturated rings. The van der Waals surface area contributed by atoms with Crippen molar-refractivity contribution in [2.75, 3.05) is 13.7 Å². The number of Topliss-reactive ketones (excluding diaryl/α,β-unsaturated/α-hetero) is 1. The number of rotatable bonds is 6. The molecule has 0 amide bonds. The molecule has 0 aliphatic carbocycles. The zero-order valence-corrected chi connectivity index (χ0v) is 12.8. The fraction of sp³-hybridized carbons (Fsp3) is 0.188. The molecule has 0 aliphatic heterocycles. The first-order chi connectivity index (χ1) is 9.69. The van der Waals surface area contributed by atoms with Gasteiger partial charge >= 0.3 is 0 Å². The van der Waals surface area contributed by atoms with Gasteiger partial charge < -0.3 is 10.1 Å². The van der Waals surface area contributed by atoms with Gasteiger partial charge in [-0.3, -0.25) is 4.79 Å². The largest absolute Gasteiger partial charge is 0.497 e. The molecule has 4 heteroatoms. The Bertz CT molecular complexity index is 564. The maximum absolute atomic E-state index is 11.9. The number of hydrogen-bond acceptors (Lipinski definition) is 3. The van der Waals surface area contributed by atoms with Crippen LogP contribution in [0.15, 0.2) is 53.0 Å². The Morgan fingerprint density at radius 3 is 2.35 bits per heavy atom. The maximum atomic E-state index is 11.9. The molecule has 0 bridgehead atoms. The molecule has 3 nitrogen and oxygen atoms in total. The van der Waals surface area contributed by atoms with Crippen LogP contribution in [-0.4, -0.2) is 19.4 Å².